The predicted octanol–water partition coefficient (Wildman–Crippen LogP) is 4.40. The maximum absolute atomic E-state index is 13.3. The van der Waals surface area contributed by atoms with Crippen LogP contribution in [0.1, 0.15) is 11.1 Å². The third-order valence-corrected chi connectivity index (χ3v) is 8.21. The lowest BCUT2D eigenvalue weighted by Crippen LogP contribution is -2.38. The topological polar surface area (TPSA) is 49.7 Å². The molecular weight excluding hydrogens is 442 g/mol. The lowest BCUT2D eigenvalue weighted by atomic mass is 10.1. The molecule has 2 aromatic carbocycles. The highest BCUT2D eigenvalue weighted by Crippen LogP contribution is 2.34. The Hall–Kier alpha value is -1.28. The van der Waals surface area contributed by atoms with Crippen LogP contribution >= 0.6 is 35.0 Å². The molecule has 0 aliphatic carbocycles. The average molecular weight is 459 g/mol. The zero-order chi connectivity index (χ0) is 19.9. The van der Waals surface area contributed by atoms with Gasteiger partial charge in [-0.05, 0) is 35.4 Å². The van der Waals surface area contributed by atoms with Crippen molar-refractivity contribution in [1.82, 2.24) is 4.90 Å². The molecule has 9 heteroatoms. The molecule has 0 bridgehead atoms. The molecule has 2 aromatic rings. The van der Waals surface area contributed by atoms with Crippen LogP contribution < -0.4 is 0 Å². The lowest BCUT2D eigenvalue weighted by Gasteiger charge is -2.26. The summed E-state index contributed by atoms with van der Waals surface area (Å²) in [5.74, 6) is 0.342. The molecule has 0 amide bonds. The molecule has 0 radical (unpaired) electrons. The van der Waals surface area contributed by atoms with E-state index in [4.69, 9.17) is 23.2 Å². The summed E-state index contributed by atoms with van der Waals surface area (Å²) < 4.78 is 37.4. The Kier molecular flexibility index (Phi) is 5.62. The van der Waals surface area contributed by atoms with Crippen molar-refractivity contribution in [1.29, 1.82) is 0 Å². The van der Waals surface area contributed by atoms with Gasteiger partial charge >= 0.3 is 0 Å². The molecule has 0 aromatic heterocycles. The minimum Gasteiger partial charge on any atom is -0.341 e. The first kappa shape index (κ1) is 20.0. The predicted molar refractivity (Wildman–Crippen MR) is 113 cm³/mol. The van der Waals surface area contributed by atoms with Crippen molar-refractivity contribution in [2.75, 3.05) is 11.5 Å². The van der Waals surface area contributed by atoms with Crippen LogP contribution in [0, 0.1) is 5.82 Å². The Bertz CT molecular complexity index is 1030. The van der Waals surface area contributed by atoms with Crippen molar-refractivity contribution in [3.63, 3.8) is 0 Å². The Balaban J connectivity index is 1.55. The fourth-order valence-corrected chi connectivity index (χ4v) is 6.89. The SMILES string of the molecule is O=S1(=O)C[C@@H]2[C@@H](C1)N=C(SCc1ccc(F)cc1Cl)N2Cc1ccc(Cl)cc1. The molecule has 1 fully saturated rings. The molecule has 0 saturated carbocycles. The lowest BCUT2D eigenvalue weighted by molar-refractivity contribution is 0.343. The van der Waals surface area contributed by atoms with E-state index in [9.17, 15) is 12.8 Å². The van der Waals surface area contributed by atoms with E-state index in [0.29, 0.717) is 22.3 Å². The highest BCUT2D eigenvalue weighted by molar-refractivity contribution is 8.13. The first-order chi connectivity index (χ1) is 13.3. The van der Waals surface area contributed by atoms with Crippen LogP contribution in [0.25, 0.3) is 0 Å². The third-order valence-electron chi connectivity index (χ3n) is 4.85. The molecule has 4 nitrogen and oxygen atoms in total. The van der Waals surface area contributed by atoms with Gasteiger partial charge in [0.15, 0.2) is 15.0 Å². The van der Waals surface area contributed by atoms with Crippen molar-refractivity contribution in [3.05, 3.63) is 69.5 Å². The van der Waals surface area contributed by atoms with Crippen LogP contribution in [0.2, 0.25) is 10.0 Å². The van der Waals surface area contributed by atoms with E-state index in [1.807, 2.05) is 24.3 Å². The second-order valence-corrected chi connectivity index (χ2v) is 10.8. The summed E-state index contributed by atoms with van der Waals surface area (Å²) in [6.07, 6.45) is 0. The second-order valence-electron chi connectivity index (χ2n) is 6.90. The standard InChI is InChI=1S/C19H17Cl2FN2O2S2/c20-14-4-1-12(2-5-14)8-24-18-11-28(25,26)10-17(18)23-19(24)27-9-13-3-6-15(22)7-16(13)21/h1-7,17-18H,8-11H2/t17-,18-/m1/s1. The third kappa shape index (κ3) is 4.32. The van der Waals surface area contributed by atoms with Crippen LogP contribution in [-0.4, -0.2) is 42.1 Å². The Morgan fingerprint density at radius 3 is 2.61 bits per heavy atom. The monoisotopic (exact) mass is 458 g/mol. The van der Waals surface area contributed by atoms with E-state index in [1.54, 1.807) is 6.07 Å². The zero-order valence-corrected chi connectivity index (χ0v) is 17.8. The van der Waals surface area contributed by atoms with Gasteiger partial charge in [-0.15, -0.1) is 0 Å². The molecule has 2 heterocycles. The van der Waals surface area contributed by atoms with Crippen molar-refractivity contribution >= 4 is 50.0 Å². The van der Waals surface area contributed by atoms with Gasteiger partial charge in [0, 0.05) is 22.3 Å². The van der Waals surface area contributed by atoms with Gasteiger partial charge in [-0.1, -0.05) is 53.2 Å². The average Bonchev–Trinajstić information content (AvgIpc) is 3.08. The summed E-state index contributed by atoms with van der Waals surface area (Å²) in [5, 5.41) is 1.82. The van der Waals surface area contributed by atoms with Crippen molar-refractivity contribution in [2.45, 2.75) is 24.4 Å². The molecule has 0 N–H and O–H groups in total. The number of aliphatic imine (C=N–C) groups is 1. The summed E-state index contributed by atoms with van der Waals surface area (Å²) >= 11 is 13.6. The maximum Gasteiger partial charge on any atom is 0.160 e. The number of amidine groups is 1. The molecule has 148 valence electrons. The first-order valence-corrected chi connectivity index (χ1v) is 12.2. The van der Waals surface area contributed by atoms with Crippen LogP contribution in [0.5, 0.6) is 0 Å². The number of thioether (sulfide) groups is 1. The summed E-state index contributed by atoms with van der Waals surface area (Å²) in [6, 6.07) is 11.4. The van der Waals surface area contributed by atoms with Gasteiger partial charge in [0.05, 0.1) is 23.6 Å². The summed E-state index contributed by atoms with van der Waals surface area (Å²) in [5.41, 5.74) is 1.84. The summed E-state index contributed by atoms with van der Waals surface area (Å²) in [4.78, 5) is 6.74. The minimum absolute atomic E-state index is 0.0795. The first-order valence-electron chi connectivity index (χ1n) is 8.67. The van der Waals surface area contributed by atoms with Gasteiger partial charge in [-0.3, -0.25) is 4.99 Å². The van der Waals surface area contributed by atoms with Gasteiger partial charge in [-0.25, -0.2) is 12.8 Å². The number of benzene rings is 2. The molecule has 0 unspecified atom stereocenters. The van der Waals surface area contributed by atoms with Gasteiger partial charge in [-0.2, -0.15) is 0 Å². The highest BCUT2D eigenvalue weighted by Gasteiger charge is 2.46. The quantitative estimate of drug-likeness (QED) is 0.680. The Morgan fingerprint density at radius 1 is 1.14 bits per heavy atom. The number of sulfone groups is 1. The molecule has 2 aliphatic heterocycles. The van der Waals surface area contributed by atoms with E-state index in [1.165, 1.54) is 23.9 Å². The van der Waals surface area contributed by atoms with Gasteiger partial charge in [0.1, 0.15) is 5.82 Å². The number of fused-ring (bicyclic) bond motifs is 1. The van der Waals surface area contributed by atoms with Crippen LogP contribution in [0.15, 0.2) is 47.5 Å². The van der Waals surface area contributed by atoms with Crippen LogP contribution in [0.4, 0.5) is 4.39 Å². The smallest absolute Gasteiger partial charge is 0.160 e. The normalized spacial score (nSPS) is 23.0. The maximum atomic E-state index is 13.3. The van der Waals surface area contributed by atoms with Gasteiger partial charge in [0.25, 0.3) is 0 Å². The number of halogens is 3. The minimum atomic E-state index is -3.08. The number of hydrogen-bond acceptors (Lipinski definition) is 5. The number of hydrogen-bond donors (Lipinski definition) is 0. The zero-order valence-electron chi connectivity index (χ0n) is 14.7. The van der Waals surface area contributed by atoms with Crippen LogP contribution in [0.3, 0.4) is 0 Å². The van der Waals surface area contributed by atoms with E-state index in [0.717, 1.165) is 16.3 Å². The fourth-order valence-electron chi connectivity index (χ4n) is 3.46. The fraction of sp³-hybridized carbons (Fsp3) is 0.316. The Morgan fingerprint density at radius 2 is 1.89 bits per heavy atom. The van der Waals surface area contributed by atoms with E-state index < -0.39 is 9.84 Å². The highest BCUT2D eigenvalue weighted by atomic mass is 35.5. The van der Waals surface area contributed by atoms with Crippen molar-refractivity contribution in [3.8, 4) is 0 Å². The van der Waals surface area contributed by atoms with E-state index in [-0.39, 0.29) is 29.4 Å². The number of rotatable bonds is 4. The largest absolute Gasteiger partial charge is 0.341 e. The van der Waals surface area contributed by atoms with E-state index >= 15 is 0 Å². The molecule has 4 rings (SSSR count). The van der Waals surface area contributed by atoms with Crippen molar-refractivity contribution < 1.29 is 12.8 Å². The molecule has 2 atom stereocenters. The summed E-state index contributed by atoms with van der Waals surface area (Å²) in [6.45, 7) is 0.552. The van der Waals surface area contributed by atoms with E-state index in [2.05, 4.69) is 9.89 Å². The second kappa shape index (κ2) is 7.86. The molecule has 1 saturated heterocycles. The van der Waals surface area contributed by atoms with Crippen LogP contribution in [-0.2, 0) is 22.1 Å². The molecular formula is C19H17Cl2FN2O2S2. The Labute approximate surface area is 177 Å². The van der Waals surface area contributed by atoms with Gasteiger partial charge in [0.2, 0.25) is 0 Å². The van der Waals surface area contributed by atoms with Gasteiger partial charge < -0.3 is 4.90 Å². The summed E-state index contributed by atoms with van der Waals surface area (Å²) in [7, 11) is -3.08. The molecule has 28 heavy (non-hydrogen) atoms. The molecule has 2 aliphatic rings. The molecule has 0 spiro atoms. The number of nitrogens with zero attached hydrogens (tertiary/aromatic N) is 2. The van der Waals surface area contributed by atoms with Crippen molar-refractivity contribution in [2.24, 2.45) is 4.99 Å².